The third kappa shape index (κ3) is 5.45. The minimum absolute atomic E-state index is 0.221. The van der Waals surface area contributed by atoms with Crippen molar-refractivity contribution < 1.29 is 14.8 Å². The zero-order chi connectivity index (χ0) is 12.5. The van der Waals surface area contributed by atoms with E-state index in [9.17, 15) is 0 Å². The summed E-state index contributed by atoms with van der Waals surface area (Å²) in [5, 5.41) is 26.0. The van der Waals surface area contributed by atoms with Crippen LogP contribution in [-0.4, -0.2) is 35.4 Å². The fourth-order valence-corrected chi connectivity index (χ4v) is 1.40. The van der Waals surface area contributed by atoms with E-state index in [1.54, 1.807) is 12.4 Å². The number of hydrogen-bond donors (Lipinski definition) is 2. The van der Waals surface area contributed by atoms with Gasteiger partial charge in [-0.2, -0.15) is 5.26 Å². The van der Waals surface area contributed by atoms with Crippen molar-refractivity contribution in [3.8, 4) is 6.07 Å². The fraction of sp³-hybridized carbons (Fsp3) is 0.455. The van der Waals surface area contributed by atoms with Crippen molar-refractivity contribution in [3.63, 3.8) is 0 Å². The second-order valence-electron chi connectivity index (χ2n) is 3.63. The molecule has 0 unspecified atom stereocenters. The molecule has 0 fully saturated rings. The summed E-state index contributed by atoms with van der Waals surface area (Å²) < 4.78 is 5.22. The van der Waals surface area contributed by atoms with Crippen molar-refractivity contribution >= 4 is 7.12 Å². The monoisotopic (exact) mass is 234 g/mol. The molecule has 2 N–H and O–H groups in total. The molecule has 1 aromatic rings. The Hall–Kier alpha value is -1.42. The van der Waals surface area contributed by atoms with Crippen LogP contribution in [0.4, 0.5) is 0 Å². The zero-order valence-corrected chi connectivity index (χ0v) is 9.54. The average molecular weight is 234 g/mol. The molecule has 0 saturated carbocycles. The third-order valence-electron chi connectivity index (χ3n) is 2.29. The maximum absolute atomic E-state index is 8.84. The number of aryl methyl sites for hydroxylation is 1. The molecule has 1 rings (SSSR count). The SMILES string of the molecule is N#Cc1cnccc1CCCOCCB(O)O. The number of rotatable bonds is 7. The van der Waals surface area contributed by atoms with Crippen molar-refractivity contribution in [2.75, 3.05) is 13.2 Å². The molecule has 1 aromatic heterocycles. The van der Waals surface area contributed by atoms with E-state index in [2.05, 4.69) is 11.1 Å². The number of ether oxygens (including phenoxy) is 1. The molecule has 0 aliphatic rings. The van der Waals surface area contributed by atoms with E-state index in [1.807, 2.05) is 6.07 Å². The highest BCUT2D eigenvalue weighted by atomic mass is 16.5. The van der Waals surface area contributed by atoms with E-state index >= 15 is 0 Å². The van der Waals surface area contributed by atoms with E-state index in [1.165, 1.54) is 0 Å². The van der Waals surface area contributed by atoms with Crippen LogP contribution in [0.25, 0.3) is 0 Å². The molecule has 0 aliphatic carbocycles. The number of nitriles is 1. The van der Waals surface area contributed by atoms with Crippen LogP contribution in [0.2, 0.25) is 6.32 Å². The Morgan fingerprint density at radius 1 is 1.41 bits per heavy atom. The largest absolute Gasteiger partial charge is 0.453 e. The molecule has 0 amide bonds. The number of nitrogens with zero attached hydrogens (tertiary/aromatic N) is 2. The minimum atomic E-state index is -1.31. The van der Waals surface area contributed by atoms with Gasteiger partial charge >= 0.3 is 7.12 Å². The molecule has 0 atom stereocenters. The number of hydrogen-bond acceptors (Lipinski definition) is 5. The quantitative estimate of drug-likeness (QED) is 0.526. The average Bonchev–Trinajstić information content (AvgIpc) is 2.33. The predicted molar refractivity (Wildman–Crippen MR) is 63.1 cm³/mol. The second-order valence-corrected chi connectivity index (χ2v) is 3.63. The molecule has 0 aliphatic heterocycles. The lowest BCUT2D eigenvalue weighted by atomic mass is 9.87. The summed E-state index contributed by atoms with van der Waals surface area (Å²) in [7, 11) is -1.31. The molecule has 90 valence electrons. The van der Waals surface area contributed by atoms with Crippen LogP contribution in [0.3, 0.4) is 0 Å². The molecule has 0 aromatic carbocycles. The molecule has 5 nitrogen and oxygen atoms in total. The lowest BCUT2D eigenvalue weighted by Gasteiger charge is -2.05. The van der Waals surface area contributed by atoms with Gasteiger partial charge in [0.25, 0.3) is 0 Å². The Kier molecular flexibility index (Phi) is 6.26. The van der Waals surface area contributed by atoms with Gasteiger partial charge < -0.3 is 14.8 Å². The smallest absolute Gasteiger partial charge is 0.427 e. The number of aromatic nitrogens is 1. The van der Waals surface area contributed by atoms with E-state index < -0.39 is 7.12 Å². The maximum Gasteiger partial charge on any atom is 0.453 e. The molecule has 0 radical (unpaired) electrons. The third-order valence-corrected chi connectivity index (χ3v) is 2.29. The summed E-state index contributed by atoms with van der Waals surface area (Å²) in [4.78, 5) is 3.88. The maximum atomic E-state index is 8.84. The van der Waals surface area contributed by atoms with E-state index in [0.29, 0.717) is 18.8 Å². The van der Waals surface area contributed by atoms with Gasteiger partial charge in [-0.15, -0.1) is 0 Å². The van der Waals surface area contributed by atoms with Gasteiger partial charge in [0.1, 0.15) is 6.07 Å². The molecule has 0 bridgehead atoms. The predicted octanol–water partition coefficient (Wildman–Crippen LogP) is 0.375. The normalized spacial score (nSPS) is 9.94. The Balaban J connectivity index is 2.20. The molecule has 1 heterocycles. The summed E-state index contributed by atoms with van der Waals surface area (Å²) in [5.74, 6) is 0. The van der Waals surface area contributed by atoms with Crippen LogP contribution < -0.4 is 0 Å². The highest BCUT2D eigenvalue weighted by Gasteiger charge is 2.05. The Bertz CT molecular complexity index is 379. The van der Waals surface area contributed by atoms with Gasteiger partial charge in [-0.25, -0.2) is 0 Å². The van der Waals surface area contributed by atoms with Crippen molar-refractivity contribution in [1.82, 2.24) is 4.98 Å². The van der Waals surface area contributed by atoms with E-state index in [0.717, 1.165) is 18.4 Å². The van der Waals surface area contributed by atoms with Crippen LogP contribution in [0.1, 0.15) is 17.5 Å². The molecular weight excluding hydrogens is 219 g/mol. The van der Waals surface area contributed by atoms with Gasteiger partial charge in [-0.3, -0.25) is 4.98 Å². The Morgan fingerprint density at radius 3 is 2.94 bits per heavy atom. The molecule has 6 heteroatoms. The summed E-state index contributed by atoms with van der Waals surface area (Å²) in [6.45, 7) is 0.874. The topological polar surface area (TPSA) is 86.4 Å². The van der Waals surface area contributed by atoms with Crippen LogP contribution in [-0.2, 0) is 11.2 Å². The van der Waals surface area contributed by atoms with Crippen LogP contribution in [0.5, 0.6) is 0 Å². The summed E-state index contributed by atoms with van der Waals surface area (Å²) in [6.07, 6.45) is 4.99. The first-order valence-electron chi connectivity index (χ1n) is 5.51. The highest BCUT2D eigenvalue weighted by Crippen LogP contribution is 2.08. The summed E-state index contributed by atoms with van der Waals surface area (Å²) >= 11 is 0. The van der Waals surface area contributed by atoms with Gasteiger partial charge in [0.2, 0.25) is 0 Å². The van der Waals surface area contributed by atoms with Crippen LogP contribution >= 0.6 is 0 Å². The van der Waals surface area contributed by atoms with Crippen molar-refractivity contribution in [3.05, 3.63) is 29.6 Å². The lowest BCUT2D eigenvalue weighted by molar-refractivity contribution is 0.140. The minimum Gasteiger partial charge on any atom is -0.427 e. The zero-order valence-electron chi connectivity index (χ0n) is 9.54. The Labute approximate surface area is 101 Å². The first kappa shape index (κ1) is 13.6. The number of pyridine rings is 1. The molecule has 0 saturated heterocycles. The van der Waals surface area contributed by atoms with Crippen LogP contribution in [0, 0.1) is 11.3 Å². The van der Waals surface area contributed by atoms with Gasteiger partial charge in [-0.1, -0.05) is 0 Å². The van der Waals surface area contributed by atoms with Gasteiger partial charge in [0, 0.05) is 31.9 Å². The molecular formula is C11H15BN2O3. The second kappa shape index (κ2) is 7.79. The van der Waals surface area contributed by atoms with Crippen molar-refractivity contribution in [2.24, 2.45) is 0 Å². The fourth-order valence-electron chi connectivity index (χ4n) is 1.40. The van der Waals surface area contributed by atoms with E-state index in [4.69, 9.17) is 20.0 Å². The van der Waals surface area contributed by atoms with Gasteiger partial charge in [-0.05, 0) is 24.5 Å². The lowest BCUT2D eigenvalue weighted by Crippen LogP contribution is -2.14. The molecule has 0 spiro atoms. The van der Waals surface area contributed by atoms with Crippen molar-refractivity contribution in [2.45, 2.75) is 19.2 Å². The molecule has 17 heavy (non-hydrogen) atoms. The Morgan fingerprint density at radius 2 is 2.24 bits per heavy atom. The van der Waals surface area contributed by atoms with Crippen molar-refractivity contribution in [1.29, 1.82) is 5.26 Å². The highest BCUT2D eigenvalue weighted by molar-refractivity contribution is 6.41. The van der Waals surface area contributed by atoms with Gasteiger partial charge in [0.05, 0.1) is 5.56 Å². The van der Waals surface area contributed by atoms with Crippen LogP contribution in [0.15, 0.2) is 18.5 Å². The van der Waals surface area contributed by atoms with Gasteiger partial charge in [0.15, 0.2) is 0 Å². The summed E-state index contributed by atoms with van der Waals surface area (Å²) in [6, 6.07) is 3.92. The summed E-state index contributed by atoms with van der Waals surface area (Å²) in [5.41, 5.74) is 1.56. The standard InChI is InChI=1S/C11H15BN2O3/c13-8-11-9-14-5-3-10(11)2-1-6-17-7-4-12(15)16/h3,5,9,15-16H,1-2,4,6-7H2. The van der Waals surface area contributed by atoms with E-state index in [-0.39, 0.29) is 6.32 Å². The first-order valence-corrected chi connectivity index (χ1v) is 5.51. The first-order chi connectivity index (χ1) is 8.24.